The van der Waals surface area contributed by atoms with Crippen LogP contribution in [0.25, 0.3) is 0 Å². The normalized spacial score (nSPS) is 10.6. The van der Waals surface area contributed by atoms with Gasteiger partial charge in [0, 0.05) is 30.4 Å². The van der Waals surface area contributed by atoms with Crippen molar-refractivity contribution in [2.24, 2.45) is 0 Å². The minimum atomic E-state index is -0.814. The number of ketones is 1. The van der Waals surface area contributed by atoms with Crippen molar-refractivity contribution in [3.8, 4) is 0 Å². The Balaban J connectivity index is 1.58. The number of aromatic nitrogens is 2. The van der Waals surface area contributed by atoms with Crippen molar-refractivity contribution in [2.45, 2.75) is 33.2 Å². The second-order valence-electron chi connectivity index (χ2n) is 6.43. The fourth-order valence-electron chi connectivity index (χ4n) is 2.69. The van der Waals surface area contributed by atoms with Crippen LogP contribution < -0.4 is 10.6 Å². The van der Waals surface area contributed by atoms with Gasteiger partial charge in [0.05, 0.1) is 11.9 Å². The van der Waals surface area contributed by atoms with E-state index in [1.165, 1.54) is 6.20 Å². The lowest BCUT2D eigenvalue weighted by Crippen LogP contribution is -2.28. The number of rotatable bonds is 7. The summed E-state index contributed by atoms with van der Waals surface area (Å²) in [7, 11) is 0. The molecule has 0 saturated carbocycles. The maximum Gasteiger partial charge on any atom is 0.314 e. The van der Waals surface area contributed by atoms with Crippen molar-refractivity contribution in [2.75, 3.05) is 10.6 Å². The second kappa shape index (κ2) is 9.01. The number of benzene rings is 1. The van der Waals surface area contributed by atoms with E-state index >= 15 is 0 Å². The Kier molecular flexibility index (Phi) is 6.23. The number of aryl methyl sites for hydroxylation is 2. The van der Waals surface area contributed by atoms with Crippen molar-refractivity contribution in [1.29, 1.82) is 0 Å². The third-order valence-electron chi connectivity index (χ3n) is 4.19. The Morgan fingerprint density at radius 3 is 2.28 bits per heavy atom. The van der Waals surface area contributed by atoms with Gasteiger partial charge in [0.1, 0.15) is 5.76 Å². The van der Waals surface area contributed by atoms with Crippen molar-refractivity contribution in [3.63, 3.8) is 0 Å². The number of carbonyl (C=O) groups is 3. The van der Waals surface area contributed by atoms with Gasteiger partial charge in [0.15, 0.2) is 5.76 Å². The van der Waals surface area contributed by atoms with Gasteiger partial charge in [-0.2, -0.15) is 5.10 Å². The van der Waals surface area contributed by atoms with E-state index in [1.54, 1.807) is 47.3 Å². The summed E-state index contributed by atoms with van der Waals surface area (Å²) < 4.78 is 7.16. The first-order valence-corrected chi connectivity index (χ1v) is 9.38. The topological polar surface area (TPSA) is 106 Å². The molecule has 3 aromatic rings. The lowest BCUT2D eigenvalue weighted by Gasteiger charge is -2.06. The number of furan rings is 1. The number of amides is 2. The fourth-order valence-corrected chi connectivity index (χ4v) is 2.69. The zero-order valence-electron chi connectivity index (χ0n) is 16.3. The van der Waals surface area contributed by atoms with E-state index in [1.807, 2.05) is 13.8 Å². The van der Waals surface area contributed by atoms with Crippen LogP contribution in [0.4, 0.5) is 11.4 Å². The summed E-state index contributed by atoms with van der Waals surface area (Å²) >= 11 is 0. The molecule has 0 aliphatic heterocycles. The summed E-state index contributed by atoms with van der Waals surface area (Å²) in [5, 5.41) is 9.09. The molecule has 8 heteroatoms. The Bertz CT molecular complexity index is 1020. The fraction of sp³-hybridized carbons (Fsp3) is 0.238. The van der Waals surface area contributed by atoms with Crippen LogP contribution in [0.15, 0.2) is 53.2 Å². The predicted molar refractivity (Wildman–Crippen MR) is 108 cm³/mol. The van der Waals surface area contributed by atoms with Crippen LogP contribution >= 0.6 is 0 Å². The van der Waals surface area contributed by atoms with E-state index in [4.69, 9.17) is 4.42 Å². The van der Waals surface area contributed by atoms with Crippen LogP contribution in [0.2, 0.25) is 0 Å². The summed E-state index contributed by atoms with van der Waals surface area (Å²) in [6.07, 6.45) is 4.76. The summed E-state index contributed by atoms with van der Waals surface area (Å²) in [6.45, 7) is 4.69. The van der Waals surface area contributed by atoms with Gasteiger partial charge in [0.2, 0.25) is 5.78 Å². The minimum absolute atomic E-state index is 0.246. The monoisotopic (exact) mass is 394 g/mol. The molecule has 0 spiro atoms. The van der Waals surface area contributed by atoms with E-state index in [0.29, 0.717) is 23.4 Å². The van der Waals surface area contributed by atoms with Crippen molar-refractivity contribution in [1.82, 2.24) is 9.78 Å². The quantitative estimate of drug-likeness (QED) is 0.473. The molecule has 2 amide bonds. The maximum absolute atomic E-state index is 12.4. The van der Waals surface area contributed by atoms with Crippen molar-refractivity contribution in [3.05, 3.63) is 65.9 Å². The average molecular weight is 394 g/mol. The number of anilines is 2. The molecular formula is C21H22N4O4. The summed E-state index contributed by atoms with van der Waals surface area (Å²) in [5.74, 6) is -0.857. The van der Waals surface area contributed by atoms with Gasteiger partial charge < -0.3 is 15.1 Å². The van der Waals surface area contributed by atoms with Crippen LogP contribution in [-0.2, 0) is 22.6 Å². The summed E-state index contributed by atoms with van der Waals surface area (Å²) in [6, 6.07) is 9.66. The number of nitrogens with one attached hydrogen (secondary N) is 2. The van der Waals surface area contributed by atoms with Gasteiger partial charge in [-0.15, -0.1) is 0 Å². The Morgan fingerprint density at radius 2 is 1.66 bits per heavy atom. The highest BCUT2D eigenvalue weighted by Crippen LogP contribution is 2.16. The molecule has 2 heterocycles. The minimum Gasteiger partial charge on any atom is -0.458 e. The number of hydrogen-bond donors (Lipinski definition) is 2. The van der Waals surface area contributed by atoms with Crippen LogP contribution in [0.5, 0.6) is 0 Å². The third-order valence-corrected chi connectivity index (χ3v) is 4.19. The van der Waals surface area contributed by atoms with Crippen LogP contribution in [-0.4, -0.2) is 27.4 Å². The molecule has 3 rings (SSSR count). The third kappa shape index (κ3) is 4.98. The van der Waals surface area contributed by atoms with Gasteiger partial charge in [-0.1, -0.05) is 13.8 Å². The zero-order valence-corrected chi connectivity index (χ0v) is 16.3. The largest absolute Gasteiger partial charge is 0.458 e. The molecule has 0 aliphatic carbocycles. The van der Waals surface area contributed by atoms with Gasteiger partial charge in [-0.05, 0) is 42.8 Å². The van der Waals surface area contributed by atoms with E-state index in [-0.39, 0.29) is 11.5 Å². The smallest absolute Gasteiger partial charge is 0.314 e. The first-order chi connectivity index (χ1) is 14.0. The Morgan fingerprint density at radius 1 is 0.966 bits per heavy atom. The van der Waals surface area contributed by atoms with Crippen LogP contribution in [0.1, 0.15) is 42.1 Å². The molecule has 0 fully saturated rings. The predicted octanol–water partition coefficient (Wildman–Crippen LogP) is 3.26. The number of nitrogens with zero attached hydrogens (tertiary/aromatic N) is 2. The van der Waals surface area contributed by atoms with Crippen molar-refractivity contribution < 1.29 is 18.8 Å². The molecule has 1 aromatic carbocycles. The molecule has 0 aliphatic rings. The highest BCUT2D eigenvalue weighted by atomic mass is 16.3. The summed E-state index contributed by atoms with van der Waals surface area (Å²) in [5.41, 5.74) is 1.27. The molecular weight excluding hydrogens is 372 g/mol. The molecule has 0 unspecified atom stereocenters. The Hall–Kier alpha value is -3.68. The molecule has 2 N–H and O–H groups in total. The van der Waals surface area contributed by atoms with Gasteiger partial charge in [-0.3, -0.25) is 19.1 Å². The molecule has 8 nitrogen and oxygen atoms in total. The van der Waals surface area contributed by atoms with Crippen LogP contribution in [0, 0.1) is 0 Å². The highest BCUT2D eigenvalue weighted by molar-refractivity contribution is 6.43. The number of carbonyl (C=O) groups excluding carboxylic acids is 3. The molecule has 29 heavy (non-hydrogen) atoms. The van der Waals surface area contributed by atoms with E-state index in [9.17, 15) is 14.4 Å². The molecule has 0 bridgehead atoms. The lowest BCUT2D eigenvalue weighted by atomic mass is 10.1. The highest BCUT2D eigenvalue weighted by Gasteiger charge is 2.16. The molecule has 0 saturated heterocycles. The first-order valence-electron chi connectivity index (χ1n) is 9.38. The van der Waals surface area contributed by atoms with E-state index < -0.39 is 11.8 Å². The molecule has 150 valence electrons. The summed E-state index contributed by atoms with van der Waals surface area (Å²) in [4.78, 5) is 36.6. The van der Waals surface area contributed by atoms with E-state index in [2.05, 4.69) is 15.7 Å². The van der Waals surface area contributed by atoms with Gasteiger partial charge >= 0.3 is 11.8 Å². The van der Waals surface area contributed by atoms with Gasteiger partial charge in [0.25, 0.3) is 0 Å². The van der Waals surface area contributed by atoms with Gasteiger partial charge in [-0.25, -0.2) is 0 Å². The first kappa shape index (κ1) is 20.1. The van der Waals surface area contributed by atoms with E-state index in [0.717, 1.165) is 18.7 Å². The lowest BCUT2D eigenvalue weighted by molar-refractivity contribution is -0.132. The SMILES string of the molecule is CCCn1cc(NC(=O)C(=O)Nc2ccc(C(=O)c3ccc(CC)o3)cc2)cn1. The standard InChI is InChI=1S/C21H22N4O4/c1-3-11-25-13-16(12-22-25)24-21(28)20(27)23-15-7-5-14(6-8-15)19(26)18-10-9-17(4-2)29-18/h5-10,12-13H,3-4,11H2,1-2H3,(H,23,27)(H,24,28). The molecule has 2 aromatic heterocycles. The average Bonchev–Trinajstić information content (AvgIpc) is 3.38. The second-order valence-corrected chi connectivity index (χ2v) is 6.43. The maximum atomic E-state index is 12.4. The van der Waals surface area contributed by atoms with Crippen molar-refractivity contribution >= 4 is 29.0 Å². The van der Waals surface area contributed by atoms with Crippen LogP contribution in [0.3, 0.4) is 0 Å². The Labute approximate surface area is 167 Å². The molecule has 0 radical (unpaired) electrons. The number of hydrogen-bond acceptors (Lipinski definition) is 5. The zero-order chi connectivity index (χ0) is 20.8. The molecule has 0 atom stereocenters.